The van der Waals surface area contributed by atoms with Crippen molar-refractivity contribution in [3.8, 4) is 0 Å². The summed E-state index contributed by atoms with van der Waals surface area (Å²) in [6.45, 7) is 2.14. The van der Waals surface area contributed by atoms with Gasteiger partial charge in [-0.25, -0.2) is 4.98 Å². The summed E-state index contributed by atoms with van der Waals surface area (Å²) >= 11 is 1.41. The predicted octanol–water partition coefficient (Wildman–Crippen LogP) is 2.98. The molecular weight excluding hydrogens is 372 g/mol. The van der Waals surface area contributed by atoms with Crippen molar-refractivity contribution >= 4 is 29.1 Å². The number of carbonyl (C=O) groups is 2. The van der Waals surface area contributed by atoms with Crippen LogP contribution in [0.1, 0.15) is 28.8 Å². The first-order valence-corrected chi connectivity index (χ1v) is 10.4. The minimum Gasteiger partial charge on any atom is -0.351 e. The predicted molar refractivity (Wildman–Crippen MR) is 109 cm³/mol. The molecule has 3 aromatic rings. The van der Waals surface area contributed by atoms with Crippen molar-refractivity contribution in [2.75, 3.05) is 18.8 Å². The Morgan fingerprint density at radius 1 is 1.07 bits per heavy atom. The monoisotopic (exact) mass is 394 g/mol. The van der Waals surface area contributed by atoms with E-state index in [1.54, 1.807) is 6.20 Å². The number of amides is 2. The van der Waals surface area contributed by atoms with Crippen LogP contribution in [0.15, 0.2) is 60.0 Å². The number of rotatable bonds is 6. The molecule has 0 spiro atoms. The van der Waals surface area contributed by atoms with E-state index < -0.39 is 0 Å². The van der Waals surface area contributed by atoms with Crippen molar-refractivity contribution in [1.82, 2.24) is 19.6 Å². The van der Waals surface area contributed by atoms with E-state index in [9.17, 15) is 9.59 Å². The van der Waals surface area contributed by atoms with Gasteiger partial charge in [-0.15, -0.1) is 0 Å². The molecule has 0 saturated carbocycles. The van der Waals surface area contributed by atoms with Crippen molar-refractivity contribution in [2.24, 2.45) is 0 Å². The number of carbonyl (C=O) groups excluding carboxylic acids is 2. The molecule has 2 aromatic heterocycles. The summed E-state index contributed by atoms with van der Waals surface area (Å²) in [6.07, 6.45) is 5.91. The number of benzene rings is 1. The van der Waals surface area contributed by atoms with Crippen LogP contribution in [-0.4, -0.2) is 44.9 Å². The topological polar surface area (TPSA) is 66.7 Å². The average molecular weight is 395 g/mol. The molecule has 7 heteroatoms. The Kier molecular flexibility index (Phi) is 5.62. The summed E-state index contributed by atoms with van der Waals surface area (Å²) in [5.41, 5.74) is 2.69. The highest BCUT2D eigenvalue weighted by Crippen LogP contribution is 2.18. The maximum atomic E-state index is 12.4. The molecule has 0 radical (unpaired) electrons. The van der Waals surface area contributed by atoms with Gasteiger partial charge in [-0.3, -0.25) is 14.0 Å². The molecule has 0 aliphatic carbocycles. The van der Waals surface area contributed by atoms with E-state index in [0.717, 1.165) is 42.2 Å². The molecule has 1 aliphatic rings. The molecule has 144 valence electrons. The van der Waals surface area contributed by atoms with Gasteiger partial charge in [0.2, 0.25) is 5.91 Å². The van der Waals surface area contributed by atoms with Gasteiger partial charge in [0.15, 0.2) is 5.16 Å². The van der Waals surface area contributed by atoms with Gasteiger partial charge in [0.25, 0.3) is 5.91 Å². The quantitative estimate of drug-likeness (QED) is 0.653. The summed E-state index contributed by atoms with van der Waals surface area (Å²) in [7, 11) is 0. The second kappa shape index (κ2) is 8.48. The van der Waals surface area contributed by atoms with Gasteiger partial charge < -0.3 is 10.2 Å². The van der Waals surface area contributed by atoms with E-state index in [1.807, 2.05) is 58.0 Å². The number of nitrogens with zero attached hydrogens (tertiary/aromatic N) is 3. The Bertz CT molecular complexity index is 977. The molecular formula is C21H22N4O2S. The third-order valence-electron chi connectivity index (χ3n) is 4.82. The lowest BCUT2D eigenvalue weighted by Gasteiger charge is -2.15. The first-order valence-electron chi connectivity index (χ1n) is 9.40. The minimum absolute atomic E-state index is 0.0464. The number of hydrogen-bond donors (Lipinski definition) is 1. The van der Waals surface area contributed by atoms with Crippen LogP contribution in [0.25, 0.3) is 5.52 Å². The van der Waals surface area contributed by atoms with E-state index in [-0.39, 0.29) is 11.8 Å². The van der Waals surface area contributed by atoms with Crippen molar-refractivity contribution in [1.29, 1.82) is 0 Å². The highest BCUT2D eigenvalue weighted by molar-refractivity contribution is 7.99. The molecule has 2 amide bonds. The Balaban J connectivity index is 1.27. The lowest BCUT2D eigenvalue weighted by atomic mass is 10.1. The van der Waals surface area contributed by atoms with Gasteiger partial charge in [-0.05, 0) is 42.7 Å². The molecule has 4 rings (SSSR count). The zero-order valence-corrected chi connectivity index (χ0v) is 16.3. The highest BCUT2D eigenvalue weighted by atomic mass is 32.2. The molecule has 1 fully saturated rings. The summed E-state index contributed by atoms with van der Waals surface area (Å²) in [5.74, 6) is 0.353. The van der Waals surface area contributed by atoms with Crippen molar-refractivity contribution in [3.63, 3.8) is 0 Å². The zero-order chi connectivity index (χ0) is 19.3. The third-order valence-corrected chi connectivity index (χ3v) is 5.79. The highest BCUT2D eigenvalue weighted by Gasteiger charge is 2.19. The standard InChI is InChI=1S/C21H22N4O2S/c26-19(15-28-21-23-14-18-5-1-2-12-25(18)21)22-13-16-6-8-17(9-7-16)20(27)24-10-3-4-11-24/h1-2,5-9,12,14H,3-4,10-11,13,15H2,(H,22,26). The second-order valence-electron chi connectivity index (χ2n) is 6.80. The molecule has 6 nitrogen and oxygen atoms in total. The summed E-state index contributed by atoms with van der Waals surface area (Å²) in [6, 6.07) is 13.4. The number of imidazole rings is 1. The second-order valence-corrected chi connectivity index (χ2v) is 7.74. The SMILES string of the molecule is O=C(CSc1ncc2ccccn12)NCc1ccc(C(=O)N2CCCC2)cc1. The fourth-order valence-electron chi connectivity index (χ4n) is 3.28. The maximum absolute atomic E-state index is 12.4. The average Bonchev–Trinajstić information content (AvgIpc) is 3.41. The normalized spacial score (nSPS) is 13.8. The Morgan fingerprint density at radius 2 is 1.86 bits per heavy atom. The van der Waals surface area contributed by atoms with E-state index in [1.165, 1.54) is 11.8 Å². The largest absolute Gasteiger partial charge is 0.351 e. The lowest BCUT2D eigenvalue weighted by Crippen LogP contribution is -2.27. The van der Waals surface area contributed by atoms with Crippen molar-refractivity contribution in [3.05, 3.63) is 66.0 Å². The lowest BCUT2D eigenvalue weighted by molar-refractivity contribution is -0.118. The summed E-state index contributed by atoms with van der Waals surface area (Å²) in [5, 5.41) is 3.72. The minimum atomic E-state index is -0.0464. The van der Waals surface area contributed by atoms with Crippen LogP contribution in [0.4, 0.5) is 0 Å². The fourth-order valence-corrected chi connectivity index (χ4v) is 4.07. The van der Waals surface area contributed by atoms with E-state index in [0.29, 0.717) is 17.9 Å². The Hall–Kier alpha value is -2.80. The van der Waals surface area contributed by atoms with E-state index in [4.69, 9.17) is 0 Å². The van der Waals surface area contributed by atoms with Crippen LogP contribution in [-0.2, 0) is 11.3 Å². The Labute approximate surface area is 167 Å². The van der Waals surface area contributed by atoms with Gasteiger partial charge >= 0.3 is 0 Å². The number of pyridine rings is 1. The van der Waals surface area contributed by atoms with Crippen molar-refractivity contribution in [2.45, 2.75) is 24.5 Å². The Morgan fingerprint density at radius 3 is 2.64 bits per heavy atom. The molecule has 0 bridgehead atoms. The number of likely N-dealkylation sites (tertiary alicyclic amines) is 1. The van der Waals surface area contributed by atoms with Gasteiger partial charge in [0.05, 0.1) is 17.5 Å². The molecule has 1 saturated heterocycles. The molecule has 1 N–H and O–H groups in total. The molecule has 0 unspecified atom stereocenters. The number of aromatic nitrogens is 2. The molecule has 28 heavy (non-hydrogen) atoms. The van der Waals surface area contributed by atoms with E-state index >= 15 is 0 Å². The molecule has 3 heterocycles. The van der Waals surface area contributed by atoms with Crippen LogP contribution >= 0.6 is 11.8 Å². The van der Waals surface area contributed by atoms with E-state index in [2.05, 4.69) is 10.3 Å². The van der Waals surface area contributed by atoms with Gasteiger partial charge in [-0.2, -0.15) is 0 Å². The number of thioether (sulfide) groups is 1. The fraction of sp³-hybridized carbons (Fsp3) is 0.286. The van der Waals surface area contributed by atoms with Gasteiger partial charge in [0.1, 0.15) is 0 Å². The third kappa shape index (κ3) is 4.20. The number of fused-ring (bicyclic) bond motifs is 1. The molecule has 1 aromatic carbocycles. The van der Waals surface area contributed by atoms with Crippen molar-refractivity contribution < 1.29 is 9.59 Å². The first-order chi connectivity index (χ1) is 13.7. The maximum Gasteiger partial charge on any atom is 0.253 e. The molecule has 0 atom stereocenters. The van der Waals surface area contributed by atoms with Crippen LogP contribution in [0.3, 0.4) is 0 Å². The van der Waals surface area contributed by atoms with Crippen LogP contribution in [0.2, 0.25) is 0 Å². The number of nitrogens with one attached hydrogen (secondary N) is 1. The first kappa shape index (κ1) is 18.6. The van der Waals surface area contributed by atoms with Crippen LogP contribution in [0, 0.1) is 0 Å². The summed E-state index contributed by atoms with van der Waals surface area (Å²) in [4.78, 5) is 30.8. The molecule has 1 aliphatic heterocycles. The van der Waals surface area contributed by atoms with Gasteiger partial charge in [-0.1, -0.05) is 30.0 Å². The van der Waals surface area contributed by atoms with Crippen LogP contribution < -0.4 is 5.32 Å². The summed E-state index contributed by atoms with van der Waals surface area (Å²) < 4.78 is 1.97. The number of hydrogen-bond acceptors (Lipinski definition) is 4. The van der Waals surface area contributed by atoms with Gasteiger partial charge in [0, 0.05) is 31.4 Å². The zero-order valence-electron chi connectivity index (χ0n) is 15.5. The van der Waals surface area contributed by atoms with Crippen LogP contribution in [0.5, 0.6) is 0 Å². The smallest absolute Gasteiger partial charge is 0.253 e.